The summed E-state index contributed by atoms with van der Waals surface area (Å²) in [6.07, 6.45) is 5.06. The molecule has 4 fully saturated rings. The van der Waals surface area contributed by atoms with E-state index in [4.69, 9.17) is 4.74 Å². The lowest BCUT2D eigenvalue weighted by atomic mass is 9.78. The third kappa shape index (κ3) is 3.64. The van der Waals surface area contributed by atoms with Crippen molar-refractivity contribution in [3.05, 3.63) is 24.0 Å². The molecule has 3 heterocycles. The van der Waals surface area contributed by atoms with Crippen LogP contribution in [0.1, 0.15) is 44.9 Å². The maximum Gasteiger partial charge on any atom is 0.414 e. The number of cyclic esters (lactones) is 1. The van der Waals surface area contributed by atoms with E-state index in [1.54, 1.807) is 12.1 Å². The molecule has 7 nitrogen and oxygen atoms in total. The summed E-state index contributed by atoms with van der Waals surface area (Å²) >= 11 is 0. The van der Waals surface area contributed by atoms with Crippen LogP contribution in [0.4, 0.5) is 20.6 Å². The third-order valence-corrected chi connectivity index (χ3v) is 7.57. The molecule has 3 saturated heterocycles. The number of anilines is 2. The highest BCUT2D eigenvalue weighted by Gasteiger charge is 2.50. The lowest BCUT2D eigenvalue weighted by Gasteiger charge is -2.41. The van der Waals surface area contributed by atoms with Gasteiger partial charge in [-0.15, -0.1) is 0 Å². The summed E-state index contributed by atoms with van der Waals surface area (Å²) in [6.45, 7) is 2.74. The molecule has 1 aromatic carbocycles. The standard InChI is InChI=1S/C23H30FN3O4/c24-19-14-17(27-12-13-31-22(27)30)4-7-20(19)25-10-1-8-23(15-25)9-11-26(21(23)29)16-2-5-18(28)6-3-16/h4,7,14,16,18,28H,1-3,5-6,8-13,15H2/t16-,18-,23-/m1/s1. The van der Waals surface area contributed by atoms with Gasteiger partial charge in [0.2, 0.25) is 5.91 Å². The number of likely N-dealkylation sites (tertiary alicyclic amines) is 1. The van der Waals surface area contributed by atoms with E-state index in [0.29, 0.717) is 37.6 Å². The molecule has 1 saturated carbocycles. The van der Waals surface area contributed by atoms with Gasteiger partial charge in [-0.3, -0.25) is 9.69 Å². The summed E-state index contributed by atoms with van der Waals surface area (Å²) in [4.78, 5) is 30.7. The van der Waals surface area contributed by atoms with E-state index < -0.39 is 11.5 Å². The van der Waals surface area contributed by atoms with Crippen molar-refractivity contribution in [3.8, 4) is 0 Å². The second-order valence-corrected chi connectivity index (χ2v) is 9.42. The van der Waals surface area contributed by atoms with Crippen LogP contribution >= 0.6 is 0 Å². The molecule has 5 rings (SSSR count). The van der Waals surface area contributed by atoms with Crippen molar-refractivity contribution >= 4 is 23.4 Å². The number of amides is 2. The number of benzene rings is 1. The van der Waals surface area contributed by atoms with Crippen LogP contribution in [-0.4, -0.2) is 66.9 Å². The molecule has 8 heteroatoms. The van der Waals surface area contributed by atoms with Gasteiger partial charge in [0, 0.05) is 25.7 Å². The van der Waals surface area contributed by atoms with Crippen LogP contribution in [0.3, 0.4) is 0 Å². The van der Waals surface area contributed by atoms with Gasteiger partial charge in [-0.1, -0.05) is 0 Å². The summed E-state index contributed by atoms with van der Waals surface area (Å²) in [5.41, 5.74) is 0.540. The number of nitrogens with zero attached hydrogens (tertiary/aromatic N) is 3. The van der Waals surface area contributed by atoms with Crippen LogP contribution in [-0.2, 0) is 9.53 Å². The van der Waals surface area contributed by atoms with Crippen LogP contribution in [0.15, 0.2) is 18.2 Å². The predicted octanol–water partition coefficient (Wildman–Crippen LogP) is 2.90. The van der Waals surface area contributed by atoms with Crippen LogP contribution in [0.5, 0.6) is 0 Å². The summed E-state index contributed by atoms with van der Waals surface area (Å²) in [5, 5.41) is 9.79. The topological polar surface area (TPSA) is 73.3 Å². The van der Waals surface area contributed by atoms with Gasteiger partial charge in [0.05, 0.1) is 29.4 Å². The normalized spacial score (nSPS) is 31.6. The fourth-order valence-electron chi connectivity index (χ4n) is 5.83. The minimum Gasteiger partial charge on any atom is -0.447 e. The van der Waals surface area contributed by atoms with Gasteiger partial charge in [0.15, 0.2) is 0 Å². The van der Waals surface area contributed by atoms with Gasteiger partial charge in [-0.25, -0.2) is 9.18 Å². The lowest BCUT2D eigenvalue weighted by molar-refractivity contribution is -0.139. The second-order valence-electron chi connectivity index (χ2n) is 9.42. The smallest absolute Gasteiger partial charge is 0.414 e. The number of carbonyl (C=O) groups is 2. The Balaban J connectivity index is 1.31. The van der Waals surface area contributed by atoms with Crippen LogP contribution in [0, 0.1) is 11.2 Å². The minimum atomic E-state index is -0.448. The Hall–Kier alpha value is -2.35. The minimum absolute atomic E-state index is 0.204. The molecule has 3 aliphatic heterocycles. The Kier molecular flexibility index (Phi) is 5.28. The molecule has 4 aliphatic rings. The summed E-state index contributed by atoms with van der Waals surface area (Å²) in [6, 6.07) is 5.08. The zero-order valence-corrected chi connectivity index (χ0v) is 17.8. The summed E-state index contributed by atoms with van der Waals surface area (Å²) < 4.78 is 20.0. The molecular weight excluding hydrogens is 401 g/mol. The predicted molar refractivity (Wildman–Crippen MR) is 114 cm³/mol. The molecule has 1 aromatic rings. The van der Waals surface area contributed by atoms with Gasteiger partial charge < -0.3 is 19.6 Å². The number of aliphatic hydroxyl groups is 1. The number of ether oxygens (including phenoxy) is 1. The van der Waals surface area contributed by atoms with Crippen molar-refractivity contribution in [3.63, 3.8) is 0 Å². The molecule has 0 aromatic heterocycles. The Labute approximate surface area is 181 Å². The fraction of sp³-hybridized carbons (Fsp3) is 0.652. The molecule has 1 atom stereocenters. The SMILES string of the molecule is O=C1OCCN1c1ccc(N2CCC[C@@]3(CCN([C@H]4CC[C@H](O)CC4)C3=O)C2)c(F)c1. The number of aliphatic hydroxyl groups excluding tert-OH is 1. The van der Waals surface area contributed by atoms with Gasteiger partial charge in [-0.05, 0) is 63.1 Å². The molecular formula is C23H30FN3O4. The van der Waals surface area contributed by atoms with Crippen LogP contribution in [0.25, 0.3) is 0 Å². The van der Waals surface area contributed by atoms with E-state index in [-0.39, 0.29) is 23.9 Å². The number of hydrogen-bond acceptors (Lipinski definition) is 5. The number of rotatable bonds is 3. The Morgan fingerprint density at radius 2 is 1.87 bits per heavy atom. The number of carbonyl (C=O) groups excluding carboxylic acids is 2. The quantitative estimate of drug-likeness (QED) is 0.797. The van der Waals surface area contributed by atoms with E-state index in [1.807, 2.05) is 9.80 Å². The van der Waals surface area contributed by atoms with E-state index in [2.05, 4.69) is 0 Å². The summed E-state index contributed by atoms with van der Waals surface area (Å²) in [5.74, 6) is -0.173. The monoisotopic (exact) mass is 431 g/mol. The van der Waals surface area contributed by atoms with Crippen molar-refractivity contribution in [2.75, 3.05) is 42.6 Å². The molecule has 1 spiro atoms. The number of piperidine rings is 1. The molecule has 31 heavy (non-hydrogen) atoms. The van der Waals surface area contributed by atoms with Gasteiger partial charge in [-0.2, -0.15) is 0 Å². The maximum atomic E-state index is 15.1. The zero-order valence-electron chi connectivity index (χ0n) is 17.8. The van der Waals surface area contributed by atoms with E-state index in [0.717, 1.165) is 51.5 Å². The first-order chi connectivity index (χ1) is 15.0. The molecule has 0 bridgehead atoms. The number of hydrogen-bond donors (Lipinski definition) is 1. The molecule has 1 N–H and O–H groups in total. The van der Waals surface area contributed by atoms with Crippen molar-refractivity contribution in [2.24, 2.45) is 5.41 Å². The molecule has 0 unspecified atom stereocenters. The molecule has 2 amide bonds. The highest BCUT2D eigenvalue weighted by molar-refractivity contribution is 5.89. The third-order valence-electron chi connectivity index (χ3n) is 7.57. The Morgan fingerprint density at radius 3 is 2.58 bits per heavy atom. The van der Waals surface area contributed by atoms with Gasteiger partial charge >= 0.3 is 6.09 Å². The van der Waals surface area contributed by atoms with E-state index >= 15 is 4.39 Å². The average molecular weight is 432 g/mol. The van der Waals surface area contributed by atoms with E-state index in [9.17, 15) is 14.7 Å². The highest BCUT2D eigenvalue weighted by atomic mass is 19.1. The molecule has 1 aliphatic carbocycles. The largest absolute Gasteiger partial charge is 0.447 e. The number of halogens is 1. The molecule has 0 radical (unpaired) electrons. The van der Waals surface area contributed by atoms with Crippen molar-refractivity contribution < 1.29 is 23.8 Å². The Morgan fingerprint density at radius 1 is 1.06 bits per heavy atom. The van der Waals surface area contributed by atoms with Crippen molar-refractivity contribution in [1.82, 2.24) is 4.90 Å². The van der Waals surface area contributed by atoms with Gasteiger partial charge in [0.25, 0.3) is 0 Å². The molecule has 168 valence electrons. The second kappa shape index (κ2) is 7.97. The summed E-state index contributed by atoms with van der Waals surface area (Å²) in [7, 11) is 0. The first-order valence-corrected chi connectivity index (χ1v) is 11.4. The fourth-order valence-corrected chi connectivity index (χ4v) is 5.83. The highest BCUT2D eigenvalue weighted by Crippen LogP contribution is 2.44. The first-order valence-electron chi connectivity index (χ1n) is 11.4. The Bertz CT molecular complexity index is 872. The lowest BCUT2D eigenvalue weighted by Crippen LogP contribution is -2.50. The van der Waals surface area contributed by atoms with Crippen molar-refractivity contribution in [1.29, 1.82) is 0 Å². The first kappa shape index (κ1) is 20.5. The maximum absolute atomic E-state index is 15.1. The van der Waals surface area contributed by atoms with E-state index in [1.165, 1.54) is 11.0 Å². The zero-order chi connectivity index (χ0) is 21.6. The van der Waals surface area contributed by atoms with Gasteiger partial charge in [0.1, 0.15) is 12.4 Å². The van der Waals surface area contributed by atoms with Crippen LogP contribution in [0.2, 0.25) is 0 Å². The average Bonchev–Trinajstić information content (AvgIpc) is 3.33. The van der Waals surface area contributed by atoms with Crippen molar-refractivity contribution in [2.45, 2.75) is 57.1 Å². The van der Waals surface area contributed by atoms with Crippen LogP contribution < -0.4 is 9.80 Å².